The van der Waals surface area contributed by atoms with Crippen LogP contribution in [0.5, 0.6) is 0 Å². The first-order chi connectivity index (χ1) is 7.85. The van der Waals surface area contributed by atoms with E-state index in [9.17, 15) is 0 Å². The van der Waals surface area contributed by atoms with Gasteiger partial charge in [0.15, 0.2) is 0 Å². The van der Waals surface area contributed by atoms with Crippen LogP contribution in [0.1, 0.15) is 47.0 Å². The van der Waals surface area contributed by atoms with Gasteiger partial charge in [-0.3, -0.25) is 4.90 Å². The maximum atomic E-state index is 5.72. The van der Waals surface area contributed by atoms with Crippen molar-refractivity contribution in [2.24, 2.45) is 11.1 Å². The second kappa shape index (κ2) is 6.17. The maximum absolute atomic E-state index is 5.72. The van der Waals surface area contributed by atoms with Gasteiger partial charge in [0, 0.05) is 13.1 Å². The fourth-order valence-corrected chi connectivity index (χ4v) is 2.60. The average Bonchev–Trinajstić information content (AvgIpc) is 2.15. The quantitative estimate of drug-likeness (QED) is 0.776. The molecule has 1 heterocycles. The van der Waals surface area contributed by atoms with Gasteiger partial charge in [-0.05, 0) is 51.6 Å². The number of hydrogen-bond donors (Lipinski definition) is 1. The van der Waals surface area contributed by atoms with Crippen molar-refractivity contribution in [3.05, 3.63) is 0 Å². The topological polar surface area (TPSA) is 38.5 Å². The van der Waals surface area contributed by atoms with Gasteiger partial charge in [0.05, 0.1) is 12.2 Å². The van der Waals surface area contributed by atoms with Crippen LogP contribution in [0.15, 0.2) is 0 Å². The summed E-state index contributed by atoms with van der Waals surface area (Å²) < 4.78 is 5.72. The molecule has 1 saturated heterocycles. The van der Waals surface area contributed by atoms with E-state index in [4.69, 9.17) is 10.5 Å². The monoisotopic (exact) mass is 242 g/mol. The Kier molecular flexibility index (Phi) is 5.42. The molecule has 102 valence electrons. The van der Waals surface area contributed by atoms with Crippen molar-refractivity contribution >= 4 is 0 Å². The number of nitrogens with zero attached hydrogens (tertiary/aromatic N) is 1. The standard InChI is InChI=1S/C14H30N2O/c1-13(2,7-8-15)6-5-9-16-10-11-17-14(3,4)12-16/h5-12,15H2,1-4H3. The van der Waals surface area contributed by atoms with E-state index in [-0.39, 0.29) is 5.60 Å². The zero-order chi connectivity index (χ0) is 12.9. The molecule has 0 unspecified atom stereocenters. The van der Waals surface area contributed by atoms with Crippen LogP contribution in [0.3, 0.4) is 0 Å². The summed E-state index contributed by atoms with van der Waals surface area (Å²) in [6.07, 6.45) is 3.66. The Bertz CT molecular complexity index is 226. The molecule has 0 aromatic carbocycles. The molecule has 3 heteroatoms. The van der Waals surface area contributed by atoms with Crippen LogP contribution in [0.4, 0.5) is 0 Å². The molecule has 17 heavy (non-hydrogen) atoms. The summed E-state index contributed by atoms with van der Waals surface area (Å²) in [7, 11) is 0. The number of hydrogen-bond acceptors (Lipinski definition) is 3. The van der Waals surface area contributed by atoms with Crippen molar-refractivity contribution in [3.8, 4) is 0 Å². The van der Waals surface area contributed by atoms with E-state index in [1.54, 1.807) is 0 Å². The van der Waals surface area contributed by atoms with Gasteiger partial charge in [-0.1, -0.05) is 13.8 Å². The van der Waals surface area contributed by atoms with Crippen LogP contribution in [0.2, 0.25) is 0 Å². The molecular weight excluding hydrogens is 212 g/mol. The van der Waals surface area contributed by atoms with E-state index in [0.29, 0.717) is 5.41 Å². The summed E-state index contributed by atoms with van der Waals surface area (Å²) in [4.78, 5) is 2.53. The molecule has 0 bridgehead atoms. The summed E-state index contributed by atoms with van der Waals surface area (Å²) in [5, 5.41) is 0. The number of ether oxygens (including phenoxy) is 1. The number of rotatable bonds is 6. The van der Waals surface area contributed by atoms with Gasteiger partial charge in [0.2, 0.25) is 0 Å². The van der Waals surface area contributed by atoms with Crippen LogP contribution < -0.4 is 5.73 Å². The first-order valence-corrected chi connectivity index (χ1v) is 6.91. The predicted octanol–water partition coefficient (Wildman–Crippen LogP) is 2.25. The lowest BCUT2D eigenvalue weighted by atomic mass is 9.84. The number of nitrogens with two attached hydrogens (primary N) is 1. The molecule has 0 saturated carbocycles. The Morgan fingerprint density at radius 3 is 2.59 bits per heavy atom. The Balaban J connectivity index is 2.22. The fourth-order valence-electron chi connectivity index (χ4n) is 2.60. The van der Waals surface area contributed by atoms with Crippen molar-refractivity contribution in [1.82, 2.24) is 4.90 Å². The highest BCUT2D eigenvalue weighted by atomic mass is 16.5. The Labute approximate surface area is 107 Å². The van der Waals surface area contributed by atoms with Gasteiger partial charge in [-0.15, -0.1) is 0 Å². The number of morpholine rings is 1. The van der Waals surface area contributed by atoms with E-state index in [1.165, 1.54) is 19.4 Å². The lowest BCUT2D eigenvalue weighted by molar-refractivity contribution is -0.0864. The molecule has 0 radical (unpaired) electrons. The lowest BCUT2D eigenvalue weighted by Gasteiger charge is -2.38. The molecule has 0 spiro atoms. The van der Waals surface area contributed by atoms with Crippen molar-refractivity contribution < 1.29 is 4.74 Å². The second-order valence-electron chi connectivity index (χ2n) is 6.69. The first-order valence-electron chi connectivity index (χ1n) is 6.91. The average molecular weight is 242 g/mol. The van der Waals surface area contributed by atoms with E-state index < -0.39 is 0 Å². The third-order valence-corrected chi connectivity index (χ3v) is 3.65. The molecule has 0 aromatic rings. The zero-order valence-electron chi connectivity index (χ0n) is 12.1. The summed E-state index contributed by atoms with van der Waals surface area (Å²) in [6, 6.07) is 0. The summed E-state index contributed by atoms with van der Waals surface area (Å²) in [5.74, 6) is 0. The normalized spacial score (nSPS) is 21.7. The van der Waals surface area contributed by atoms with Crippen molar-refractivity contribution in [2.45, 2.75) is 52.6 Å². The predicted molar refractivity (Wildman–Crippen MR) is 73.2 cm³/mol. The van der Waals surface area contributed by atoms with Crippen LogP contribution >= 0.6 is 0 Å². The molecule has 1 aliphatic heterocycles. The van der Waals surface area contributed by atoms with Crippen LogP contribution in [-0.2, 0) is 4.74 Å². The fraction of sp³-hybridized carbons (Fsp3) is 1.00. The molecule has 1 fully saturated rings. The Morgan fingerprint density at radius 2 is 2.00 bits per heavy atom. The zero-order valence-corrected chi connectivity index (χ0v) is 12.1. The van der Waals surface area contributed by atoms with E-state index in [2.05, 4.69) is 32.6 Å². The van der Waals surface area contributed by atoms with Crippen LogP contribution in [0.25, 0.3) is 0 Å². The van der Waals surface area contributed by atoms with E-state index in [0.717, 1.165) is 32.7 Å². The van der Waals surface area contributed by atoms with Crippen molar-refractivity contribution in [1.29, 1.82) is 0 Å². The molecule has 0 aliphatic carbocycles. The molecule has 2 N–H and O–H groups in total. The summed E-state index contributed by atoms with van der Waals surface area (Å²) in [6.45, 7) is 14.0. The van der Waals surface area contributed by atoms with Crippen LogP contribution in [-0.4, -0.2) is 43.3 Å². The van der Waals surface area contributed by atoms with Gasteiger partial charge in [-0.2, -0.15) is 0 Å². The maximum Gasteiger partial charge on any atom is 0.0753 e. The third kappa shape index (κ3) is 5.84. The van der Waals surface area contributed by atoms with E-state index >= 15 is 0 Å². The van der Waals surface area contributed by atoms with Crippen molar-refractivity contribution in [2.75, 3.05) is 32.8 Å². The van der Waals surface area contributed by atoms with Gasteiger partial charge in [-0.25, -0.2) is 0 Å². The first kappa shape index (κ1) is 14.9. The highest BCUT2D eigenvalue weighted by Gasteiger charge is 2.27. The molecule has 0 amide bonds. The van der Waals surface area contributed by atoms with Gasteiger partial charge in [0.25, 0.3) is 0 Å². The summed E-state index contributed by atoms with van der Waals surface area (Å²) in [5.41, 5.74) is 6.07. The second-order valence-corrected chi connectivity index (χ2v) is 6.69. The highest BCUT2D eigenvalue weighted by Crippen LogP contribution is 2.26. The van der Waals surface area contributed by atoms with Gasteiger partial charge in [0.1, 0.15) is 0 Å². The van der Waals surface area contributed by atoms with Gasteiger partial charge < -0.3 is 10.5 Å². The van der Waals surface area contributed by atoms with Crippen LogP contribution in [0, 0.1) is 5.41 Å². The largest absolute Gasteiger partial charge is 0.373 e. The smallest absolute Gasteiger partial charge is 0.0753 e. The van der Waals surface area contributed by atoms with E-state index in [1.807, 2.05) is 0 Å². The Morgan fingerprint density at radius 1 is 1.29 bits per heavy atom. The molecule has 0 atom stereocenters. The minimum atomic E-state index is 0.0328. The molecule has 0 aromatic heterocycles. The SMILES string of the molecule is CC(C)(CCN)CCCN1CCOC(C)(C)C1. The highest BCUT2D eigenvalue weighted by molar-refractivity contribution is 4.79. The Hall–Kier alpha value is -0.120. The van der Waals surface area contributed by atoms with Crippen molar-refractivity contribution in [3.63, 3.8) is 0 Å². The summed E-state index contributed by atoms with van der Waals surface area (Å²) >= 11 is 0. The molecule has 3 nitrogen and oxygen atoms in total. The molecule has 1 rings (SSSR count). The minimum Gasteiger partial charge on any atom is -0.373 e. The van der Waals surface area contributed by atoms with Gasteiger partial charge >= 0.3 is 0 Å². The molecule has 1 aliphatic rings. The third-order valence-electron chi connectivity index (χ3n) is 3.65. The minimum absolute atomic E-state index is 0.0328. The lowest BCUT2D eigenvalue weighted by Crippen LogP contribution is -2.48. The molecular formula is C14H30N2O.